The van der Waals surface area contributed by atoms with Gasteiger partial charge in [-0.2, -0.15) is 0 Å². The molecule has 1 saturated carbocycles. The molecule has 4 unspecified atom stereocenters. The number of carbonyl (C=O) groups is 1. The van der Waals surface area contributed by atoms with Crippen molar-refractivity contribution in [3.8, 4) is 0 Å². The van der Waals surface area contributed by atoms with Crippen molar-refractivity contribution < 1.29 is 14.3 Å². The van der Waals surface area contributed by atoms with Crippen LogP contribution in [0.25, 0.3) is 0 Å². The van der Waals surface area contributed by atoms with E-state index in [1.165, 1.54) is 19.3 Å². The van der Waals surface area contributed by atoms with Crippen molar-refractivity contribution in [1.29, 1.82) is 0 Å². The molecule has 2 fully saturated rings. The van der Waals surface area contributed by atoms with Crippen molar-refractivity contribution in [2.75, 3.05) is 0 Å². The number of esters is 1. The van der Waals surface area contributed by atoms with Crippen molar-refractivity contribution in [3.05, 3.63) is 0 Å². The Morgan fingerprint density at radius 2 is 1.87 bits per heavy atom. The minimum absolute atomic E-state index is 0.0195. The largest absolute Gasteiger partial charge is 0.459 e. The van der Waals surface area contributed by atoms with Crippen LogP contribution in [0.5, 0.6) is 0 Å². The van der Waals surface area contributed by atoms with Gasteiger partial charge in [-0.25, -0.2) is 0 Å². The molecule has 0 spiro atoms. The van der Waals surface area contributed by atoms with Crippen LogP contribution in [-0.4, -0.2) is 30.3 Å². The van der Waals surface area contributed by atoms with Gasteiger partial charge in [0.25, 0.3) is 0 Å². The van der Waals surface area contributed by atoms with E-state index in [2.05, 4.69) is 13.8 Å². The summed E-state index contributed by atoms with van der Waals surface area (Å²) < 4.78 is 12.1. The molecule has 2 aliphatic rings. The molecule has 4 heteroatoms. The molecule has 0 amide bonds. The number of hydrogen-bond donors (Lipinski definition) is 1. The van der Waals surface area contributed by atoms with E-state index in [0.29, 0.717) is 17.9 Å². The standard InChI is InChI=1S/C19H35NO3/c1-13(2)11-12-15-7-6-10-17(20)19(21)22-14(3)18(15)23-16-8-4-5-9-16/h13-18H,4-12,20H2,1-3H3. The molecule has 1 aliphatic heterocycles. The fourth-order valence-electron chi connectivity index (χ4n) is 3.93. The van der Waals surface area contributed by atoms with Crippen molar-refractivity contribution in [3.63, 3.8) is 0 Å². The van der Waals surface area contributed by atoms with E-state index in [0.717, 1.165) is 38.5 Å². The first-order chi connectivity index (χ1) is 11.0. The molecule has 2 rings (SSSR count). The smallest absolute Gasteiger partial charge is 0.323 e. The van der Waals surface area contributed by atoms with E-state index in [1.807, 2.05) is 6.92 Å². The Balaban J connectivity index is 2.08. The molecule has 0 aromatic carbocycles. The molecule has 4 nitrogen and oxygen atoms in total. The fourth-order valence-corrected chi connectivity index (χ4v) is 3.93. The maximum Gasteiger partial charge on any atom is 0.323 e. The van der Waals surface area contributed by atoms with Crippen LogP contribution in [-0.2, 0) is 14.3 Å². The van der Waals surface area contributed by atoms with Gasteiger partial charge in [-0.1, -0.05) is 39.5 Å². The van der Waals surface area contributed by atoms with Crippen LogP contribution in [0.2, 0.25) is 0 Å². The highest BCUT2D eigenvalue weighted by molar-refractivity contribution is 5.75. The third-order valence-corrected chi connectivity index (χ3v) is 5.39. The monoisotopic (exact) mass is 325 g/mol. The second-order valence-corrected chi connectivity index (χ2v) is 7.92. The van der Waals surface area contributed by atoms with Gasteiger partial charge < -0.3 is 15.2 Å². The zero-order valence-corrected chi connectivity index (χ0v) is 15.1. The number of ether oxygens (including phenoxy) is 2. The van der Waals surface area contributed by atoms with Crippen molar-refractivity contribution in [1.82, 2.24) is 0 Å². The fraction of sp³-hybridized carbons (Fsp3) is 0.947. The third kappa shape index (κ3) is 5.75. The van der Waals surface area contributed by atoms with Gasteiger partial charge in [0.1, 0.15) is 12.1 Å². The topological polar surface area (TPSA) is 61.6 Å². The quantitative estimate of drug-likeness (QED) is 0.781. The van der Waals surface area contributed by atoms with Crippen LogP contribution in [0, 0.1) is 11.8 Å². The number of nitrogens with two attached hydrogens (primary N) is 1. The predicted molar refractivity (Wildman–Crippen MR) is 92.1 cm³/mol. The number of cyclic esters (lactones) is 1. The van der Waals surface area contributed by atoms with Gasteiger partial charge in [0.05, 0.1) is 12.2 Å². The van der Waals surface area contributed by atoms with Gasteiger partial charge in [0.2, 0.25) is 0 Å². The molecule has 1 aliphatic carbocycles. The lowest BCUT2D eigenvalue weighted by molar-refractivity contribution is -0.164. The van der Waals surface area contributed by atoms with E-state index in [4.69, 9.17) is 15.2 Å². The molecule has 2 N–H and O–H groups in total. The number of carbonyl (C=O) groups excluding carboxylic acids is 1. The van der Waals surface area contributed by atoms with Crippen LogP contribution in [0.3, 0.4) is 0 Å². The average Bonchev–Trinajstić information content (AvgIpc) is 3.01. The first-order valence-electron chi connectivity index (χ1n) is 9.59. The molecule has 0 aromatic heterocycles. The minimum Gasteiger partial charge on any atom is -0.459 e. The molecular formula is C19H35NO3. The van der Waals surface area contributed by atoms with Gasteiger partial charge in [-0.05, 0) is 50.9 Å². The summed E-state index contributed by atoms with van der Waals surface area (Å²) in [6.45, 7) is 6.51. The second kappa shape index (κ2) is 9.03. The normalized spacial score (nSPS) is 34.0. The van der Waals surface area contributed by atoms with Crippen molar-refractivity contribution in [2.45, 2.75) is 103 Å². The Labute approximate surface area is 141 Å². The van der Waals surface area contributed by atoms with Gasteiger partial charge in [-0.3, -0.25) is 4.79 Å². The first-order valence-corrected chi connectivity index (χ1v) is 9.59. The molecule has 1 heterocycles. The summed E-state index contributed by atoms with van der Waals surface area (Å²) in [7, 11) is 0. The predicted octanol–water partition coefficient (Wildman–Crippen LogP) is 3.81. The number of hydrogen-bond acceptors (Lipinski definition) is 4. The van der Waals surface area contributed by atoms with Gasteiger partial charge in [-0.15, -0.1) is 0 Å². The van der Waals surface area contributed by atoms with E-state index in [-0.39, 0.29) is 18.2 Å². The Hall–Kier alpha value is -0.610. The zero-order chi connectivity index (χ0) is 16.8. The summed E-state index contributed by atoms with van der Waals surface area (Å²) in [4.78, 5) is 12.1. The lowest BCUT2D eigenvalue weighted by Crippen LogP contribution is -2.41. The highest BCUT2D eigenvalue weighted by atomic mass is 16.6. The Morgan fingerprint density at radius 1 is 1.17 bits per heavy atom. The molecule has 1 saturated heterocycles. The van der Waals surface area contributed by atoms with Crippen LogP contribution in [0.4, 0.5) is 0 Å². The highest BCUT2D eigenvalue weighted by Crippen LogP contribution is 2.32. The first kappa shape index (κ1) is 18.7. The minimum atomic E-state index is -0.478. The lowest BCUT2D eigenvalue weighted by Gasteiger charge is -2.33. The third-order valence-electron chi connectivity index (χ3n) is 5.39. The highest BCUT2D eigenvalue weighted by Gasteiger charge is 2.35. The second-order valence-electron chi connectivity index (χ2n) is 7.92. The van der Waals surface area contributed by atoms with Crippen LogP contribution in [0.1, 0.15) is 78.6 Å². The van der Waals surface area contributed by atoms with Crippen LogP contribution in [0.15, 0.2) is 0 Å². The molecule has 4 atom stereocenters. The van der Waals surface area contributed by atoms with Crippen molar-refractivity contribution in [2.24, 2.45) is 17.6 Å². The molecular weight excluding hydrogens is 290 g/mol. The van der Waals surface area contributed by atoms with E-state index >= 15 is 0 Å². The molecule has 0 aromatic rings. The summed E-state index contributed by atoms with van der Waals surface area (Å²) >= 11 is 0. The molecule has 0 bridgehead atoms. The summed E-state index contributed by atoms with van der Waals surface area (Å²) in [6, 6.07) is -0.478. The maximum atomic E-state index is 12.1. The van der Waals surface area contributed by atoms with E-state index in [1.54, 1.807) is 0 Å². The number of rotatable bonds is 5. The van der Waals surface area contributed by atoms with E-state index in [9.17, 15) is 4.79 Å². The Morgan fingerprint density at radius 3 is 2.52 bits per heavy atom. The lowest BCUT2D eigenvalue weighted by atomic mass is 9.86. The summed E-state index contributed by atoms with van der Waals surface area (Å²) in [5.74, 6) is 0.892. The summed E-state index contributed by atoms with van der Waals surface area (Å²) in [6.07, 6.45) is 10.1. The average molecular weight is 325 g/mol. The molecule has 134 valence electrons. The Kier molecular flexibility index (Phi) is 7.35. The maximum absolute atomic E-state index is 12.1. The molecule has 0 radical (unpaired) electrons. The SMILES string of the molecule is CC(C)CCC1CCCC(N)C(=O)OC(C)C1OC1CCCC1. The van der Waals surface area contributed by atoms with Crippen LogP contribution < -0.4 is 5.73 Å². The summed E-state index contributed by atoms with van der Waals surface area (Å²) in [5, 5.41) is 0. The van der Waals surface area contributed by atoms with Gasteiger partial charge in [0.15, 0.2) is 0 Å². The van der Waals surface area contributed by atoms with Gasteiger partial charge >= 0.3 is 5.97 Å². The van der Waals surface area contributed by atoms with Crippen molar-refractivity contribution >= 4 is 5.97 Å². The van der Waals surface area contributed by atoms with E-state index < -0.39 is 6.04 Å². The summed E-state index contributed by atoms with van der Waals surface area (Å²) in [5.41, 5.74) is 5.94. The van der Waals surface area contributed by atoms with Crippen LogP contribution >= 0.6 is 0 Å². The molecule has 23 heavy (non-hydrogen) atoms. The Bertz CT molecular complexity index is 366. The van der Waals surface area contributed by atoms with Gasteiger partial charge in [0, 0.05) is 0 Å². The zero-order valence-electron chi connectivity index (χ0n) is 15.1.